The van der Waals surface area contributed by atoms with Gasteiger partial charge < -0.3 is 24.0 Å². The third kappa shape index (κ3) is 2.81. The molecule has 3 aliphatic rings. The molecule has 34 heavy (non-hydrogen) atoms. The first-order chi connectivity index (χ1) is 16.1. The van der Waals surface area contributed by atoms with Gasteiger partial charge in [-0.15, -0.1) is 0 Å². The Morgan fingerprint density at radius 2 is 1.85 bits per heavy atom. The number of halogens is 3. The molecule has 0 fully saturated rings. The number of likely N-dealkylation sites (N-methyl/N-ethyl adjacent to an activating group) is 1. The molecule has 0 aliphatic carbocycles. The maximum absolute atomic E-state index is 14.8. The first kappa shape index (κ1) is 22.0. The lowest BCUT2D eigenvalue weighted by molar-refractivity contribution is -0.160. The SMILES string of the molecule is COC(=O)C1=C(C(F)(F)F)N2c3ccc(OC)cc3C=C[C@H]2O[C@@]12C(=O)N(C)c1ccccc12. The number of para-hydroxylation sites is 1. The number of carbonyl (C=O) groups excluding carboxylic acids is 2. The number of methoxy groups -OCH3 is 2. The van der Waals surface area contributed by atoms with Gasteiger partial charge in [0, 0.05) is 18.2 Å². The lowest BCUT2D eigenvalue weighted by atomic mass is 9.82. The molecule has 0 unspecified atom stereocenters. The zero-order chi connectivity index (χ0) is 24.4. The Kier molecular flexibility index (Phi) is 4.77. The highest BCUT2D eigenvalue weighted by molar-refractivity contribution is 6.15. The van der Waals surface area contributed by atoms with Gasteiger partial charge in [-0.2, -0.15) is 13.2 Å². The van der Waals surface area contributed by atoms with Gasteiger partial charge in [-0.25, -0.2) is 4.79 Å². The summed E-state index contributed by atoms with van der Waals surface area (Å²) in [5.41, 5.74) is -3.52. The van der Waals surface area contributed by atoms with Gasteiger partial charge in [-0.1, -0.05) is 24.3 Å². The van der Waals surface area contributed by atoms with Gasteiger partial charge in [-0.3, -0.25) is 4.79 Å². The minimum Gasteiger partial charge on any atom is -0.497 e. The molecule has 2 aromatic rings. The summed E-state index contributed by atoms with van der Waals surface area (Å²) in [4.78, 5) is 28.7. The van der Waals surface area contributed by atoms with E-state index in [1.165, 1.54) is 43.3 Å². The molecule has 2 atom stereocenters. The molecule has 0 radical (unpaired) electrons. The predicted molar refractivity (Wildman–Crippen MR) is 116 cm³/mol. The molecule has 5 rings (SSSR count). The van der Waals surface area contributed by atoms with Crippen molar-refractivity contribution in [3.05, 3.63) is 70.9 Å². The van der Waals surface area contributed by atoms with Gasteiger partial charge in [-0.05, 0) is 30.3 Å². The van der Waals surface area contributed by atoms with Crippen molar-refractivity contribution >= 4 is 29.3 Å². The first-order valence-corrected chi connectivity index (χ1v) is 10.3. The van der Waals surface area contributed by atoms with Crippen molar-refractivity contribution in [2.75, 3.05) is 31.1 Å². The molecule has 10 heteroatoms. The number of allylic oxidation sites excluding steroid dienone is 1. The fourth-order valence-electron chi connectivity index (χ4n) is 4.79. The average Bonchev–Trinajstić information content (AvgIpc) is 3.04. The van der Waals surface area contributed by atoms with Crippen molar-refractivity contribution in [1.82, 2.24) is 0 Å². The number of rotatable bonds is 2. The third-order valence-electron chi connectivity index (χ3n) is 6.22. The van der Waals surface area contributed by atoms with Gasteiger partial charge in [0.2, 0.25) is 5.60 Å². The quantitative estimate of drug-likeness (QED) is 0.621. The normalized spacial score (nSPS) is 23.1. The highest BCUT2D eigenvalue weighted by Gasteiger charge is 2.65. The Hall–Kier alpha value is -3.79. The van der Waals surface area contributed by atoms with Crippen LogP contribution >= 0.6 is 0 Å². The second-order valence-corrected chi connectivity index (χ2v) is 7.94. The van der Waals surface area contributed by atoms with Crippen molar-refractivity contribution in [3.63, 3.8) is 0 Å². The zero-order valence-corrected chi connectivity index (χ0v) is 18.3. The van der Waals surface area contributed by atoms with Crippen LogP contribution in [0.3, 0.4) is 0 Å². The Bertz CT molecular complexity index is 1290. The number of esters is 1. The lowest BCUT2D eigenvalue weighted by Gasteiger charge is -2.47. The Labute approximate surface area is 192 Å². The summed E-state index contributed by atoms with van der Waals surface area (Å²) in [6.07, 6.45) is -3.34. The van der Waals surface area contributed by atoms with Crippen LogP contribution in [-0.4, -0.2) is 45.5 Å². The number of alkyl halides is 3. The van der Waals surface area contributed by atoms with Crippen LogP contribution in [0.25, 0.3) is 6.08 Å². The van der Waals surface area contributed by atoms with E-state index in [9.17, 15) is 22.8 Å². The van der Waals surface area contributed by atoms with Gasteiger partial charge in [0.05, 0.1) is 25.6 Å². The van der Waals surface area contributed by atoms with E-state index >= 15 is 0 Å². The second-order valence-electron chi connectivity index (χ2n) is 7.94. The number of ether oxygens (including phenoxy) is 3. The van der Waals surface area contributed by atoms with Crippen molar-refractivity contribution < 1.29 is 37.0 Å². The minimum atomic E-state index is -5.03. The molecule has 1 amide bonds. The van der Waals surface area contributed by atoms with E-state index < -0.39 is 41.2 Å². The van der Waals surface area contributed by atoms with Crippen LogP contribution < -0.4 is 14.5 Å². The Balaban J connectivity index is 1.88. The molecule has 176 valence electrons. The molecule has 0 bridgehead atoms. The van der Waals surface area contributed by atoms with E-state index in [-0.39, 0.29) is 11.3 Å². The molecular weight excluding hydrogens is 453 g/mol. The Morgan fingerprint density at radius 3 is 2.53 bits per heavy atom. The van der Waals surface area contributed by atoms with E-state index in [0.717, 1.165) is 12.0 Å². The largest absolute Gasteiger partial charge is 0.497 e. The van der Waals surface area contributed by atoms with Crippen molar-refractivity contribution in [3.8, 4) is 5.75 Å². The lowest BCUT2D eigenvalue weighted by Crippen LogP contribution is -2.58. The number of amides is 1. The molecule has 0 saturated heterocycles. The maximum atomic E-state index is 14.8. The van der Waals surface area contributed by atoms with Crippen LogP contribution in [0, 0.1) is 0 Å². The number of nitrogens with zero attached hydrogens (tertiary/aromatic N) is 2. The van der Waals surface area contributed by atoms with E-state index in [0.29, 0.717) is 17.0 Å². The first-order valence-electron chi connectivity index (χ1n) is 10.3. The third-order valence-corrected chi connectivity index (χ3v) is 6.22. The van der Waals surface area contributed by atoms with Gasteiger partial charge >= 0.3 is 12.1 Å². The molecule has 0 N–H and O–H groups in total. The number of benzene rings is 2. The molecule has 0 saturated carbocycles. The fourth-order valence-corrected chi connectivity index (χ4v) is 4.79. The topological polar surface area (TPSA) is 68.3 Å². The van der Waals surface area contributed by atoms with E-state index in [2.05, 4.69) is 0 Å². The summed E-state index contributed by atoms with van der Waals surface area (Å²) in [7, 11) is 3.83. The summed E-state index contributed by atoms with van der Waals surface area (Å²) >= 11 is 0. The van der Waals surface area contributed by atoms with Crippen molar-refractivity contribution in [2.24, 2.45) is 0 Å². The van der Waals surface area contributed by atoms with E-state index in [4.69, 9.17) is 14.2 Å². The molecule has 7 nitrogen and oxygen atoms in total. The molecular formula is C24H19F3N2O5. The molecule has 0 aromatic heterocycles. The van der Waals surface area contributed by atoms with Crippen LogP contribution in [0.2, 0.25) is 0 Å². The number of fused-ring (bicyclic) bond motifs is 5. The van der Waals surface area contributed by atoms with Crippen LogP contribution in [0.15, 0.2) is 59.8 Å². The van der Waals surface area contributed by atoms with Gasteiger partial charge in [0.25, 0.3) is 5.91 Å². The minimum absolute atomic E-state index is 0.137. The molecule has 3 aliphatic heterocycles. The van der Waals surface area contributed by atoms with Crippen LogP contribution in [0.1, 0.15) is 11.1 Å². The van der Waals surface area contributed by atoms with Crippen LogP contribution in [0.4, 0.5) is 24.5 Å². The number of anilines is 2. The Morgan fingerprint density at radius 1 is 1.12 bits per heavy atom. The maximum Gasteiger partial charge on any atom is 0.432 e. The van der Waals surface area contributed by atoms with Crippen LogP contribution in [-0.2, 0) is 24.7 Å². The number of hydrogen-bond acceptors (Lipinski definition) is 6. The summed E-state index contributed by atoms with van der Waals surface area (Å²) in [5.74, 6) is -1.68. The van der Waals surface area contributed by atoms with Crippen LogP contribution in [0.5, 0.6) is 5.75 Å². The number of carbonyl (C=O) groups is 2. The zero-order valence-electron chi connectivity index (χ0n) is 18.3. The van der Waals surface area contributed by atoms with E-state index in [1.807, 2.05) is 0 Å². The standard InChI is InChI=1S/C24H19F3N2O5/c1-28-17-7-5-4-6-15(17)23(22(28)31)19(21(30)33-3)20(24(25,26)27)29-16-10-9-14(32-2)12-13(16)8-11-18(29)34-23/h4-12,18H,1-3H3/t18-,23-/m1/s1. The summed E-state index contributed by atoms with van der Waals surface area (Å²) in [5, 5.41) is 0. The molecule has 1 spiro atoms. The fraction of sp³-hybridized carbons (Fsp3) is 0.250. The van der Waals surface area contributed by atoms with E-state index in [1.54, 1.807) is 30.3 Å². The predicted octanol–water partition coefficient (Wildman–Crippen LogP) is 3.75. The molecule has 3 heterocycles. The summed E-state index contributed by atoms with van der Waals surface area (Å²) < 4.78 is 60.6. The number of hydrogen-bond donors (Lipinski definition) is 0. The summed E-state index contributed by atoms with van der Waals surface area (Å²) in [6.45, 7) is 0. The average molecular weight is 472 g/mol. The van der Waals surface area contributed by atoms with Gasteiger partial charge in [0.1, 0.15) is 17.0 Å². The molecule has 2 aromatic carbocycles. The highest BCUT2D eigenvalue weighted by Crippen LogP contribution is 2.55. The van der Waals surface area contributed by atoms with Crippen molar-refractivity contribution in [2.45, 2.75) is 18.0 Å². The van der Waals surface area contributed by atoms with Crippen molar-refractivity contribution in [1.29, 1.82) is 0 Å². The summed E-state index contributed by atoms with van der Waals surface area (Å²) in [6, 6.07) is 10.8. The highest BCUT2D eigenvalue weighted by atomic mass is 19.4. The monoisotopic (exact) mass is 472 g/mol. The smallest absolute Gasteiger partial charge is 0.432 e. The second kappa shape index (κ2) is 7.36. The van der Waals surface area contributed by atoms with Gasteiger partial charge in [0.15, 0.2) is 6.23 Å².